The first-order valence-electron chi connectivity index (χ1n) is 8.79. The number of hydrogen-bond donors (Lipinski definition) is 3. The topological polar surface area (TPSA) is 96.2 Å². The summed E-state index contributed by atoms with van der Waals surface area (Å²) in [5.74, 6) is -0.718. The van der Waals surface area contributed by atoms with E-state index in [0.29, 0.717) is 0 Å². The molecule has 0 bridgehead atoms. The third kappa shape index (κ3) is 8.65. The Morgan fingerprint density at radius 2 is 1.74 bits per heavy atom. The summed E-state index contributed by atoms with van der Waals surface area (Å²) in [6.07, 6.45) is 5.13. The van der Waals surface area contributed by atoms with Crippen LogP contribution < -0.4 is 0 Å². The number of ether oxygens (including phenoxy) is 2. The third-order valence-electron chi connectivity index (χ3n) is 4.31. The lowest BCUT2D eigenvalue weighted by atomic mass is 10.0. The molecule has 1 heterocycles. The molecule has 3 N–H and O–H groups in total. The van der Waals surface area contributed by atoms with Crippen molar-refractivity contribution in [2.45, 2.75) is 102 Å². The highest BCUT2D eigenvalue weighted by Crippen LogP contribution is 2.23. The standard InChI is InChI=1S/C17H32O6/c1-12(9-7-5-3-4-6-8-10-16(20)21)22-17-15(19)11-14(18)13(2)23-17/h12-15,17-19H,3-11H2,1-2H3,(H,20,21)/t12-,13?,14?,15?,17?/m1/s1. The van der Waals surface area contributed by atoms with Gasteiger partial charge in [0.15, 0.2) is 6.29 Å². The molecule has 1 aliphatic heterocycles. The predicted molar refractivity (Wildman–Crippen MR) is 86.1 cm³/mol. The fourth-order valence-corrected chi connectivity index (χ4v) is 2.78. The van der Waals surface area contributed by atoms with Crippen molar-refractivity contribution in [3.05, 3.63) is 0 Å². The lowest BCUT2D eigenvalue weighted by molar-refractivity contribution is -0.273. The zero-order chi connectivity index (χ0) is 17.2. The third-order valence-corrected chi connectivity index (χ3v) is 4.31. The summed E-state index contributed by atoms with van der Waals surface area (Å²) in [6.45, 7) is 3.75. The second-order valence-corrected chi connectivity index (χ2v) is 6.58. The minimum atomic E-state index is -0.780. The van der Waals surface area contributed by atoms with Crippen LogP contribution in [0.3, 0.4) is 0 Å². The Hall–Kier alpha value is -0.690. The lowest BCUT2D eigenvalue weighted by Crippen LogP contribution is -2.48. The highest BCUT2D eigenvalue weighted by molar-refractivity contribution is 5.66. The zero-order valence-corrected chi connectivity index (χ0v) is 14.3. The van der Waals surface area contributed by atoms with Crippen molar-refractivity contribution in [3.63, 3.8) is 0 Å². The molecule has 0 amide bonds. The quantitative estimate of drug-likeness (QED) is 0.503. The van der Waals surface area contributed by atoms with Gasteiger partial charge < -0.3 is 24.8 Å². The van der Waals surface area contributed by atoms with Gasteiger partial charge in [0.2, 0.25) is 0 Å². The van der Waals surface area contributed by atoms with Gasteiger partial charge in [-0.05, 0) is 26.7 Å². The van der Waals surface area contributed by atoms with Crippen LogP contribution in [0.5, 0.6) is 0 Å². The fraction of sp³-hybridized carbons (Fsp3) is 0.941. The maximum atomic E-state index is 10.4. The van der Waals surface area contributed by atoms with Crippen LogP contribution in [0.2, 0.25) is 0 Å². The van der Waals surface area contributed by atoms with Gasteiger partial charge in [-0.15, -0.1) is 0 Å². The van der Waals surface area contributed by atoms with Gasteiger partial charge in [0.1, 0.15) is 6.10 Å². The van der Waals surface area contributed by atoms with Gasteiger partial charge >= 0.3 is 5.97 Å². The molecular formula is C17H32O6. The number of unbranched alkanes of at least 4 members (excludes halogenated alkanes) is 5. The number of hydrogen-bond acceptors (Lipinski definition) is 5. The average Bonchev–Trinajstić information content (AvgIpc) is 2.47. The Morgan fingerprint density at radius 3 is 2.39 bits per heavy atom. The molecule has 4 unspecified atom stereocenters. The highest BCUT2D eigenvalue weighted by Gasteiger charge is 2.35. The summed E-state index contributed by atoms with van der Waals surface area (Å²) in [4.78, 5) is 10.4. The molecular weight excluding hydrogens is 300 g/mol. The number of carboxylic acids is 1. The maximum Gasteiger partial charge on any atom is 0.303 e. The molecule has 1 fully saturated rings. The maximum absolute atomic E-state index is 10.4. The predicted octanol–water partition coefficient (Wildman–Crippen LogP) is 2.45. The SMILES string of the molecule is CC1OC(O[C@H](C)CCCCCCCCC(=O)O)C(O)CC1O. The minimum absolute atomic E-state index is 0.00380. The Balaban J connectivity index is 2.04. The van der Waals surface area contributed by atoms with Crippen molar-refractivity contribution in [2.75, 3.05) is 0 Å². The summed E-state index contributed by atoms with van der Waals surface area (Å²) in [7, 11) is 0. The van der Waals surface area contributed by atoms with Crippen LogP contribution in [0.4, 0.5) is 0 Å². The molecule has 23 heavy (non-hydrogen) atoms. The molecule has 0 aromatic rings. The van der Waals surface area contributed by atoms with Gasteiger partial charge in [-0.1, -0.05) is 32.1 Å². The molecule has 136 valence electrons. The molecule has 0 aromatic heterocycles. The Bertz CT molecular complexity index is 335. The zero-order valence-electron chi connectivity index (χ0n) is 14.3. The van der Waals surface area contributed by atoms with Crippen LogP contribution in [-0.2, 0) is 14.3 Å². The van der Waals surface area contributed by atoms with Crippen LogP contribution in [0.1, 0.15) is 71.6 Å². The number of carboxylic acid groups (broad SMARTS) is 1. The van der Waals surface area contributed by atoms with E-state index in [1.165, 1.54) is 0 Å². The number of carbonyl (C=O) groups is 1. The molecule has 0 aliphatic carbocycles. The van der Waals surface area contributed by atoms with Crippen molar-refractivity contribution in [3.8, 4) is 0 Å². The molecule has 1 saturated heterocycles. The van der Waals surface area contributed by atoms with Gasteiger partial charge in [-0.2, -0.15) is 0 Å². The van der Waals surface area contributed by atoms with Gasteiger partial charge in [0.05, 0.1) is 18.3 Å². The van der Waals surface area contributed by atoms with Gasteiger partial charge in [0.25, 0.3) is 0 Å². The summed E-state index contributed by atoms with van der Waals surface area (Å²) in [6, 6.07) is 0. The molecule has 0 spiro atoms. The van der Waals surface area contributed by atoms with E-state index in [4.69, 9.17) is 14.6 Å². The van der Waals surface area contributed by atoms with E-state index in [9.17, 15) is 15.0 Å². The van der Waals surface area contributed by atoms with Gasteiger partial charge in [-0.3, -0.25) is 4.79 Å². The van der Waals surface area contributed by atoms with Crippen LogP contribution in [-0.4, -0.2) is 52.0 Å². The van der Waals surface area contributed by atoms with Crippen molar-refractivity contribution in [2.24, 2.45) is 0 Å². The smallest absolute Gasteiger partial charge is 0.303 e. The Kier molecular flexibility index (Phi) is 9.71. The molecule has 6 nitrogen and oxygen atoms in total. The van der Waals surface area contributed by atoms with Gasteiger partial charge in [-0.25, -0.2) is 0 Å². The number of rotatable bonds is 11. The molecule has 6 heteroatoms. The van der Waals surface area contributed by atoms with E-state index in [-0.39, 0.29) is 25.0 Å². The number of aliphatic hydroxyl groups excluding tert-OH is 2. The van der Waals surface area contributed by atoms with Crippen LogP contribution in [0, 0.1) is 0 Å². The second-order valence-electron chi connectivity index (χ2n) is 6.58. The molecule has 1 aliphatic rings. The molecule has 1 rings (SSSR count). The van der Waals surface area contributed by atoms with E-state index in [2.05, 4.69) is 0 Å². The van der Waals surface area contributed by atoms with Crippen LogP contribution >= 0.6 is 0 Å². The lowest BCUT2D eigenvalue weighted by Gasteiger charge is -2.36. The Morgan fingerprint density at radius 1 is 1.13 bits per heavy atom. The van der Waals surface area contributed by atoms with Crippen molar-refractivity contribution in [1.82, 2.24) is 0 Å². The molecule has 5 atom stereocenters. The normalized spacial score (nSPS) is 29.4. The molecule has 0 radical (unpaired) electrons. The van der Waals surface area contributed by atoms with Gasteiger partial charge in [0, 0.05) is 12.8 Å². The first kappa shape index (κ1) is 20.4. The van der Waals surface area contributed by atoms with E-state index < -0.39 is 24.5 Å². The Labute approximate surface area is 138 Å². The van der Waals surface area contributed by atoms with Crippen molar-refractivity contribution >= 4 is 5.97 Å². The first-order chi connectivity index (χ1) is 10.9. The summed E-state index contributed by atoms with van der Waals surface area (Å²) >= 11 is 0. The average molecular weight is 332 g/mol. The molecule has 0 aromatic carbocycles. The number of aliphatic hydroxyl groups is 2. The van der Waals surface area contributed by atoms with Crippen molar-refractivity contribution < 1.29 is 29.6 Å². The van der Waals surface area contributed by atoms with E-state index in [1.54, 1.807) is 6.92 Å². The van der Waals surface area contributed by atoms with Crippen molar-refractivity contribution in [1.29, 1.82) is 0 Å². The minimum Gasteiger partial charge on any atom is -0.481 e. The summed E-state index contributed by atoms with van der Waals surface area (Å²) in [5.41, 5.74) is 0. The van der Waals surface area contributed by atoms with E-state index in [0.717, 1.165) is 44.9 Å². The van der Waals surface area contributed by atoms with E-state index in [1.807, 2.05) is 6.92 Å². The van der Waals surface area contributed by atoms with Crippen LogP contribution in [0.25, 0.3) is 0 Å². The summed E-state index contributed by atoms with van der Waals surface area (Å²) < 4.78 is 11.2. The largest absolute Gasteiger partial charge is 0.481 e. The second kappa shape index (κ2) is 11.0. The first-order valence-corrected chi connectivity index (χ1v) is 8.79. The number of aliphatic carboxylic acids is 1. The summed E-state index contributed by atoms with van der Waals surface area (Å²) in [5, 5.41) is 28.0. The monoisotopic (exact) mass is 332 g/mol. The highest BCUT2D eigenvalue weighted by atomic mass is 16.7. The molecule has 0 saturated carbocycles. The fourth-order valence-electron chi connectivity index (χ4n) is 2.78. The van der Waals surface area contributed by atoms with E-state index >= 15 is 0 Å². The van der Waals surface area contributed by atoms with Crippen LogP contribution in [0.15, 0.2) is 0 Å².